The molecule has 1 saturated carbocycles. The maximum Gasteiger partial charge on any atom is 0.129 e. The standard InChI is InChI=1S/C16H17O/c17-16(11-4-1-5-12-16)15-10-6-8-13-7-2-3-9-14(13)15/h2-3,6-10H,1,4-5,11-12H2. The van der Waals surface area contributed by atoms with Crippen molar-refractivity contribution in [2.75, 3.05) is 0 Å². The van der Waals surface area contributed by atoms with Crippen molar-refractivity contribution in [3.05, 3.63) is 48.0 Å². The third-order valence-electron chi connectivity index (χ3n) is 3.94. The molecule has 1 aliphatic rings. The van der Waals surface area contributed by atoms with Crippen LogP contribution in [0.3, 0.4) is 0 Å². The molecule has 1 heteroatoms. The predicted molar refractivity (Wildman–Crippen MR) is 69.4 cm³/mol. The minimum atomic E-state index is -0.848. The summed E-state index contributed by atoms with van der Waals surface area (Å²) in [6.07, 6.45) is 4.95. The fourth-order valence-electron chi connectivity index (χ4n) is 3.01. The second-order valence-corrected chi connectivity index (χ2v) is 5.08. The van der Waals surface area contributed by atoms with Gasteiger partial charge in [-0.25, -0.2) is 5.11 Å². The van der Waals surface area contributed by atoms with E-state index in [2.05, 4.69) is 18.2 Å². The molecule has 87 valence electrons. The highest BCUT2D eigenvalue weighted by Crippen LogP contribution is 2.40. The van der Waals surface area contributed by atoms with E-state index in [0.717, 1.165) is 36.6 Å². The van der Waals surface area contributed by atoms with Crippen LogP contribution >= 0.6 is 0 Å². The second-order valence-electron chi connectivity index (χ2n) is 5.08. The van der Waals surface area contributed by atoms with Crippen LogP contribution in [0.15, 0.2) is 42.5 Å². The monoisotopic (exact) mass is 225 g/mol. The highest BCUT2D eigenvalue weighted by molar-refractivity contribution is 5.86. The summed E-state index contributed by atoms with van der Waals surface area (Å²) < 4.78 is 0. The Hall–Kier alpha value is -1.34. The molecule has 2 aromatic rings. The lowest BCUT2D eigenvalue weighted by Crippen LogP contribution is -2.27. The Morgan fingerprint density at radius 3 is 2.35 bits per heavy atom. The van der Waals surface area contributed by atoms with Crippen LogP contribution in [0.4, 0.5) is 0 Å². The van der Waals surface area contributed by atoms with Crippen LogP contribution < -0.4 is 0 Å². The molecule has 17 heavy (non-hydrogen) atoms. The zero-order chi connectivity index (χ0) is 11.7. The van der Waals surface area contributed by atoms with Crippen molar-refractivity contribution in [1.82, 2.24) is 0 Å². The summed E-state index contributed by atoms with van der Waals surface area (Å²) in [4.78, 5) is 0. The molecule has 2 aromatic carbocycles. The third-order valence-corrected chi connectivity index (χ3v) is 3.94. The van der Waals surface area contributed by atoms with E-state index in [9.17, 15) is 5.11 Å². The van der Waals surface area contributed by atoms with E-state index in [1.54, 1.807) is 0 Å². The van der Waals surface area contributed by atoms with Crippen molar-refractivity contribution in [2.24, 2.45) is 0 Å². The molecule has 0 aliphatic heterocycles. The molecule has 1 radical (unpaired) electrons. The molecule has 0 spiro atoms. The molecule has 0 saturated heterocycles. The fourth-order valence-corrected chi connectivity index (χ4v) is 3.01. The van der Waals surface area contributed by atoms with Crippen molar-refractivity contribution < 1.29 is 5.11 Å². The Labute approximate surface area is 102 Å². The minimum Gasteiger partial charge on any atom is -0.224 e. The molecule has 0 amide bonds. The van der Waals surface area contributed by atoms with Crippen LogP contribution in [-0.4, -0.2) is 0 Å². The number of hydrogen-bond donors (Lipinski definition) is 0. The fraction of sp³-hybridized carbons (Fsp3) is 0.375. The summed E-state index contributed by atoms with van der Waals surface area (Å²) in [6.45, 7) is 0. The van der Waals surface area contributed by atoms with Gasteiger partial charge in [0.25, 0.3) is 0 Å². The molecule has 1 aliphatic carbocycles. The normalized spacial score (nSPS) is 19.4. The summed E-state index contributed by atoms with van der Waals surface area (Å²) in [5.41, 5.74) is 0.161. The number of rotatable bonds is 1. The first kappa shape index (κ1) is 10.8. The third kappa shape index (κ3) is 1.85. The van der Waals surface area contributed by atoms with Gasteiger partial charge in [0.15, 0.2) is 0 Å². The van der Waals surface area contributed by atoms with Gasteiger partial charge in [-0.15, -0.1) is 0 Å². The topological polar surface area (TPSA) is 19.9 Å². The van der Waals surface area contributed by atoms with E-state index in [4.69, 9.17) is 0 Å². The van der Waals surface area contributed by atoms with E-state index in [0.29, 0.717) is 0 Å². The Morgan fingerprint density at radius 2 is 1.53 bits per heavy atom. The summed E-state index contributed by atoms with van der Waals surface area (Å²) in [7, 11) is 0. The van der Waals surface area contributed by atoms with Crippen LogP contribution in [0, 0.1) is 0 Å². The van der Waals surface area contributed by atoms with Gasteiger partial charge in [-0.05, 0) is 29.2 Å². The van der Waals surface area contributed by atoms with Crippen LogP contribution in [0.5, 0.6) is 0 Å². The summed E-state index contributed by atoms with van der Waals surface area (Å²) in [6, 6.07) is 14.4. The molecular weight excluding hydrogens is 208 g/mol. The molecular formula is C16H17O. The largest absolute Gasteiger partial charge is 0.224 e. The van der Waals surface area contributed by atoms with Crippen molar-refractivity contribution in [1.29, 1.82) is 0 Å². The first-order valence-electron chi connectivity index (χ1n) is 6.48. The van der Waals surface area contributed by atoms with Gasteiger partial charge in [0.1, 0.15) is 5.60 Å². The molecule has 0 bridgehead atoms. The number of fused-ring (bicyclic) bond motifs is 1. The molecule has 3 rings (SSSR count). The Kier molecular flexibility index (Phi) is 2.64. The summed E-state index contributed by atoms with van der Waals surface area (Å²) >= 11 is 0. The first-order valence-corrected chi connectivity index (χ1v) is 6.48. The maximum atomic E-state index is 12.9. The van der Waals surface area contributed by atoms with E-state index < -0.39 is 5.60 Å². The van der Waals surface area contributed by atoms with Crippen LogP contribution in [-0.2, 0) is 10.7 Å². The Morgan fingerprint density at radius 1 is 0.824 bits per heavy atom. The SMILES string of the molecule is [O]C1(c2cccc3ccccc23)CCCCC1. The van der Waals surface area contributed by atoms with Gasteiger partial charge >= 0.3 is 0 Å². The van der Waals surface area contributed by atoms with Gasteiger partial charge in [0, 0.05) is 0 Å². The zero-order valence-corrected chi connectivity index (χ0v) is 9.99. The number of hydrogen-bond acceptors (Lipinski definition) is 0. The molecule has 0 aromatic heterocycles. The highest BCUT2D eigenvalue weighted by Gasteiger charge is 2.34. The first-order chi connectivity index (χ1) is 8.30. The van der Waals surface area contributed by atoms with Crippen molar-refractivity contribution in [3.63, 3.8) is 0 Å². The summed E-state index contributed by atoms with van der Waals surface area (Å²) in [5, 5.41) is 15.3. The summed E-state index contributed by atoms with van der Waals surface area (Å²) in [5.74, 6) is 0. The van der Waals surface area contributed by atoms with Crippen LogP contribution in [0.2, 0.25) is 0 Å². The van der Waals surface area contributed by atoms with Gasteiger partial charge in [0.2, 0.25) is 0 Å². The van der Waals surface area contributed by atoms with Crippen LogP contribution in [0.1, 0.15) is 37.7 Å². The minimum absolute atomic E-state index is 0.793. The molecule has 0 N–H and O–H groups in total. The van der Waals surface area contributed by atoms with Crippen molar-refractivity contribution in [2.45, 2.75) is 37.7 Å². The smallest absolute Gasteiger partial charge is 0.129 e. The zero-order valence-electron chi connectivity index (χ0n) is 9.99. The van der Waals surface area contributed by atoms with E-state index in [-0.39, 0.29) is 0 Å². The quantitative estimate of drug-likeness (QED) is 0.684. The van der Waals surface area contributed by atoms with Gasteiger partial charge in [-0.2, -0.15) is 0 Å². The molecule has 0 atom stereocenters. The Balaban J connectivity index is 2.16. The number of benzene rings is 2. The van der Waals surface area contributed by atoms with E-state index >= 15 is 0 Å². The lowest BCUT2D eigenvalue weighted by atomic mass is 9.78. The predicted octanol–water partition coefficient (Wildman–Crippen LogP) is 4.43. The van der Waals surface area contributed by atoms with E-state index in [1.165, 1.54) is 11.8 Å². The van der Waals surface area contributed by atoms with Gasteiger partial charge in [-0.3, -0.25) is 0 Å². The van der Waals surface area contributed by atoms with Gasteiger partial charge in [-0.1, -0.05) is 61.7 Å². The van der Waals surface area contributed by atoms with Crippen molar-refractivity contribution in [3.8, 4) is 0 Å². The van der Waals surface area contributed by atoms with Crippen LogP contribution in [0.25, 0.3) is 10.8 Å². The molecule has 0 heterocycles. The highest BCUT2D eigenvalue weighted by atomic mass is 16.3. The van der Waals surface area contributed by atoms with E-state index in [1.807, 2.05) is 24.3 Å². The average Bonchev–Trinajstić information content (AvgIpc) is 2.39. The van der Waals surface area contributed by atoms with Gasteiger partial charge < -0.3 is 0 Å². The molecule has 1 nitrogen and oxygen atoms in total. The molecule has 0 unspecified atom stereocenters. The lowest BCUT2D eigenvalue weighted by Gasteiger charge is -2.31. The lowest BCUT2D eigenvalue weighted by molar-refractivity contribution is -0.0632. The second kappa shape index (κ2) is 4.15. The van der Waals surface area contributed by atoms with Crippen molar-refractivity contribution >= 4 is 10.8 Å². The maximum absolute atomic E-state index is 12.9. The molecule has 1 fully saturated rings. The van der Waals surface area contributed by atoms with Gasteiger partial charge in [0.05, 0.1) is 0 Å². The Bertz CT molecular complexity index is 519. The average molecular weight is 225 g/mol.